The summed E-state index contributed by atoms with van der Waals surface area (Å²) in [4.78, 5) is 11.3. The van der Waals surface area contributed by atoms with E-state index in [4.69, 9.17) is 35.0 Å². The number of halogens is 3. The second-order valence-corrected chi connectivity index (χ2v) is 7.94. The molecule has 2 aromatic carbocycles. The molecule has 1 aromatic heterocycles. The zero-order chi connectivity index (χ0) is 19.8. The highest BCUT2D eigenvalue weighted by molar-refractivity contribution is 6.34. The predicted octanol–water partition coefficient (Wildman–Crippen LogP) is 5.08. The quantitative estimate of drug-likeness (QED) is 0.529. The summed E-state index contributed by atoms with van der Waals surface area (Å²) in [6, 6.07) is 13.2. The van der Waals surface area contributed by atoms with Crippen LogP contribution in [-0.4, -0.2) is 40.1 Å². The Bertz CT molecular complexity index is 1080. The van der Waals surface area contributed by atoms with Gasteiger partial charge in [-0.3, -0.25) is 0 Å². The lowest BCUT2D eigenvalue weighted by Gasteiger charge is -2.35. The molecule has 0 aliphatic carbocycles. The normalized spacial score (nSPS) is 17.7. The van der Waals surface area contributed by atoms with E-state index in [2.05, 4.69) is 20.9 Å². The van der Waals surface area contributed by atoms with Gasteiger partial charge in [-0.05, 0) is 48.5 Å². The van der Waals surface area contributed by atoms with Crippen molar-refractivity contribution in [3.8, 4) is 17.2 Å². The van der Waals surface area contributed by atoms with Crippen LogP contribution in [-0.2, 0) is 0 Å². The number of rotatable bonds is 2. The highest BCUT2D eigenvalue weighted by Gasteiger charge is 2.28. The summed E-state index contributed by atoms with van der Waals surface area (Å²) in [5.74, 6) is 1.44. The smallest absolute Gasteiger partial charge is 0.140 e. The van der Waals surface area contributed by atoms with Crippen LogP contribution in [0.3, 0.4) is 0 Å². The Morgan fingerprint density at radius 3 is 2.57 bits per heavy atom. The van der Waals surface area contributed by atoms with Gasteiger partial charge in [0, 0.05) is 35.6 Å². The summed E-state index contributed by atoms with van der Waals surface area (Å²) in [5.41, 5.74) is 2.61. The first kappa shape index (κ1) is 19.2. The summed E-state index contributed by atoms with van der Waals surface area (Å²) in [7, 11) is 0. The Morgan fingerprint density at radius 2 is 1.86 bits per heavy atom. The van der Waals surface area contributed by atoms with E-state index in [1.54, 1.807) is 4.42 Å². The fraction of sp³-hybridized carbons (Fsp3) is 0.250. The molecule has 3 aromatic rings. The van der Waals surface area contributed by atoms with Gasteiger partial charge in [0.15, 0.2) is 0 Å². The molecule has 142 valence electrons. The number of benzene rings is 2. The van der Waals surface area contributed by atoms with Gasteiger partial charge in [-0.1, -0.05) is 35.3 Å². The molecule has 1 fully saturated rings. The molecule has 28 heavy (non-hydrogen) atoms. The maximum Gasteiger partial charge on any atom is 0.140 e. The lowest BCUT2D eigenvalue weighted by atomic mass is 10.0. The number of nitrogens with zero attached hydrogens (tertiary/aromatic N) is 5. The first-order valence-corrected chi connectivity index (χ1v) is 9.86. The Labute approximate surface area is 178 Å². The molecule has 0 spiro atoms. The highest BCUT2D eigenvalue weighted by Crippen LogP contribution is 2.36. The van der Waals surface area contributed by atoms with Gasteiger partial charge in [0.1, 0.15) is 17.7 Å². The molecule has 2 heterocycles. The molecule has 1 aliphatic heterocycles. The van der Waals surface area contributed by atoms with Crippen LogP contribution < -0.4 is 4.90 Å². The minimum Gasteiger partial charge on any atom is -0.352 e. The van der Waals surface area contributed by atoms with Crippen LogP contribution in [0.1, 0.15) is 5.82 Å². The predicted molar refractivity (Wildman–Crippen MR) is 114 cm³/mol. The maximum atomic E-state index is 9.38. The molecule has 0 radical (unpaired) electrons. The van der Waals surface area contributed by atoms with E-state index in [0.717, 1.165) is 27.8 Å². The number of nitriles is 1. The van der Waals surface area contributed by atoms with Crippen molar-refractivity contribution in [2.75, 3.05) is 24.5 Å². The number of anilines is 1. The molecule has 0 amide bonds. The van der Waals surface area contributed by atoms with E-state index in [1.807, 2.05) is 43.3 Å². The molecule has 5 nitrogen and oxygen atoms in total. The Morgan fingerprint density at radius 1 is 1.11 bits per heavy atom. The minimum absolute atomic E-state index is 0.399. The van der Waals surface area contributed by atoms with Gasteiger partial charge >= 0.3 is 0 Å². The zero-order valence-corrected chi connectivity index (χ0v) is 17.3. The van der Waals surface area contributed by atoms with E-state index < -0.39 is 6.04 Å². The molecule has 0 saturated carbocycles. The van der Waals surface area contributed by atoms with Gasteiger partial charge in [-0.25, -0.2) is 9.97 Å². The van der Waals surface area contributed by atoms with Crippen LogP contribution in [0.5, 0.6) is 0 Å². The maximum absolute atomic E-state index is 9.38. The van der Waals surface area contributed by atoms with Crippen LogP contribution in [0, 0.1) is 18.3 Å². The summed E-state index contributed by atoms with van der Waals surface area (Å²) in [5, 5.41) is 11.5. The van der Waals surface area contributed by atoms with Crippen LogP contribution in [0.2, 0.25) is 10.0 Å². The number of aromatic nitrogens is 2. The third kappa shape index (κ3) is 3.61. The van der Waals surface area contributed by atoms with Crippen molar-refractivity contribution in [2.45, 2.75) is 13.0 Å². The minimum atomic E-state index is -0.399. The van der Waals surface area contributed by atoms with Gasteiger partial charge in [0.05, 0.1) is 16.6 Å². The molecule has 1 atom stereocenters. The van der Waals surface area contributed by atoms with E-state index in [0.29, 0.717) is 35.5 Å². The van der Waals surface area contributed by atoms with E-state index in [9.17, 15) is 5.26 Å². The average Bonchev–Trinajstić information content (AvgIpc) is 2.68. The van der Waals surface area contributed by atoms with Crippen molar-refractivity contribution in [1.29, 1.82) is 5.26 Å². The van der Waals surface area contributed by atoms with Crippen molar-refractivity contribution in [3.05, 3.63) is 52.3 Å². The van der Waals surface area contributed by atoms with Gasteiger partial charge in [0.25, 0.3) is 0 Å². The van der Waals surface area contributed by atoms with Gasteiger partial charge < -0.3 is 4.90 Å². The summed E-state index contributed by atoms with van der Waals surface area (Å²) in [6.07, 6.45) is 0. The first-order chi connectivity index (χ1) is 13.5. The van der Waals surface area contributed by atoms with Crippen LogP contribution >= 0.6 is 35.0 Å². The van der Waals surface area contributed by atoms with Crippen LogP contribution in [0.15, 0.2) is 36.4 Å². The molecule has 8 heteroatoms. The van der Waals surface area contributed by atoms with E-state index >= 15 is 0 Å². The Hall–Kier alpha value is -2.10. The van der Waals surface area contributed by atoms with Gasteiger partial charge in [-0.15, -0.1) is 0 Å². The fourth-order valence-electron chi connectivity index (χ4n) is 3.40. The van der Waals surface area contributed by atoms with Crippen molar-refractivity contribution in [1.82, 2.24) is 14.4 Å². The summed E-state index contributed by atoms with van der Waals surface area (Å²) < 4.78 is 1.54. The lowest BCUT2D eigenvalue weighted by molar-refractivity contribution is 0.357. The number of fused-ring (bicyclic) bond motifs is 1. The van der Waals surface area contributed by atoms with Crippen molar-refractivity contribution in [2.24, 2.45) is 0 Å². The van der Waals surface area contributed by atoms with E-state index in [-0.39, 0.29) is 0 Å². The number of aryl methyl sites for hydroxylation is 1. The summed E-state index contributed by atoms with van der Waals surface area (Å²) in [6.45, 7) is 3.57. The number of hydrogen-bond donors (Lipinski definition) is 0. The first-order valence-electron chi connectivity index (χ1n) is 8.77. The molecule has 4 rings (SSSR count). The van der Waals surface area contributed by atoms with Gasteiger partial charge in [-0.2, -0.15) is 9.68 Å². The number of piperazine rings is 1. The van der Waals surface area contributed by atoms with E-state index in [1.165, 1.54) is 0 Å². The second kappa shape index (κ2) is 7.73. The molecular weight excluding hydrogens is 417 g/mol. The standard InChI is InChI=1S/C20H16Cl3N5/c1-12-25-19-9-18(22)16(13-2-4-14(21)5-3-13)8-17(19)20(26-12)27-6-7-28(23)15(10-24)11-27/h2-5,8-9,15H,6-7,11H2,1H3. The van der Waals surface area contributed by atoms with Crippen molar-refractivity contribution >= 4 is 51.7 Å². The lowest BCUT2D eigenvalue weighted by Crippen LogP contribution is -2.49. The van der Waals surface area contributed by atoms with Crippen molar-refractivity contribution < 1.29 is 0 Å². The largest absolute Gasteiger partial charge is 0.352 e. The molecule has 1 aliphatic rings. The molecule has 1 unspecified atom stereocenters. The Balaban J connectivity index is 1.85. The Kier molecular flexibility index (Phi) is 5.31. The third-order valence-electron chi connectivity index (χ3n) is 4.80. The molecule has 0 N–H and O–H groups in total. The van der Waals surface area contributed by atoms with Crippen molar-refractivity contribution in [3.63, 3.8) is 0 Å². The second-order valence-electron chi connectivity index (χ2n) is 6.66. The topological polar surface area (TPSA) is 56.1 Å². The zero-order valence-electron chi connectivity index (χ0n) is 15.0. The average molecular weight is 433 g/mol. The van der Waals surface area contributed by atoms with Gasteiger partial charge in [0.2, 0.25) is 0 Å². The summed E-state index contributed by atoms with van der Waals surface area (Å²) >= 11 is 18.7. The van der Waals surface area contributed by atoms with Crippen LogP contribution in [0.25, 0.3) is 22.0 Å². The fourth-order valence-corrected chi connectivity index (χ4v) is 3.97. The number of hydrogen-bond acceptors (Lipinski definition) is 5. The molecule has 0 bridgehead atoms. The molecule has 1 saturated heterocycles. The highest BCUT2D eigenvalue weighted by atomic mass is 35.5. The molecular formula is C20H16Cl3N5. The van der Waals surface area contributed by atoms with Crippen LogP contribution in [0.4, 0.5) is 5.82 Å². The monoisotopic (exact) mass is 431 g/mol. The SMILES string of the molecule is Cc1nc(N2CCN(Cl)C(C#N)C2)c2cc(-c3ccc(Cl)cc3)c(Cl)cc2n1. The third-order valence-corrected chi connectivity index (χ3v) is 5.76.